The minimum atomic E-state index is 0.111. The molecule has 0 amide bonds. The van der Waals surface area contributed by atoms with Crippen molar-refractivity contribution in [1.82, 2.24) is 4.90 Å². The summed E-state index contributed by atoms with van der Waals surface area (Å²) < 4.78 is 1.13. The van der Waals surface area contributed by atoms with Gasteiger partial charge in [-0.05, 0) is 48.6 Å². The van der Waals surface area contributed by atoms with Crippen LogP contribution in [0.5, 0.6) is 0 Å². The average Bonchev–Trinajstić information content (AvgIpc) is 2.57. The number of hydrogen-bond donors (Lipinski definition) is 1. The molecule has 0 spiro atoms. The Balaban J connectivity index is 1.75. The van der Waals surface area contributed by atoms with E-state index in [4.69, 9.17) is 0 Å². The largest absolute Gasteiger partial charge is 0.394 e. The molecule has 0 saturated carbocycles. The number of halogens is 1. The van der Waals surface area contributed by atoms with Crippen LogP contribution in [0.4, 0.5) is 0 Å². The number of aliphatic hydroxyl groups is 1. The molecule has 2 atom stereocenters. The molecular formula is C19H22BrNO. The van der Waals surface area contributed by atoms with E-state index >= 15 is 0 Å². The standard InChI is InChI=1S/C19H22BrNO/c20-18-10-8-15(9-11-18)17-7-4-12-21(13-17)19(14-22)16-5-2-1-3-6-16/h1-3,5-6,8-11,17,19,22H,4,7,12-14H2/t17-,19-/m1/s1. The maximum Gasteiger partial charge on any atom is 0.0628 e. The van der Waals surface area contributed by atoms with Crippen LogP contribution < -0.4 is 0 Å². The summed E-state index contributed by atoms with van der Waals surface area (Å²) in [6.45, 7) is 2.26. The maximum absolute atomic E-state index is 9.88. The van der Waals surface area contributed by atoms with Gasteiger partial charge in [-0.3, -0.25) is 4.90 Å². The van der Waals surface area contributed by atoms with Gasteiger partial charge in [0.05, 0.1) is 12.6 Å². The predicted octanol–water partition coefficient (Wildman–Crippen LogP) is 4.36. The van der Waals surface area contributed by atoms with E-state index in [9.17, 15) is 5.11 Å². The van der Waals surface area contributed by atoms with E-state index in [2.05, 4.69) is 57.2 Å². The van der Waals surface area contributed by atoms with Crippen molar-refractivity contribution in [1.29, 1.82) is 0 Å². The molecular weight excluding hydrogens is 338 g/mol. The van der Waals surface area contributed by atoms with E-state index < -0.39 is 0 Å². The van der Waals surface area contributed by atoms with Crippen LogP contribution in [0.1, 0.15) is 35.9 Å². The average molecular weight is 360 g/mol. The Bertz CT molecular complexity index is 584. The number of hydrogen-bond acceptors (Lipinski definition) is 2. The van der Waals surface area contributed by atoms with E-state index in [-0.39, 0.29) is 12.6 Å². The first-order chi connectivity index (χ1) is 10.8. The van der Waals surface area contributed by atoms with Gasteiger partial charge < -0.3 is 5.11 Å². The number of piperidine rings is 1. The Morgan fingerprint density at radius 3 is 2.50 bits per heavy atom. The summed E-state index contributed by atoms with van der Waals surface area (Å²) in [4.78, 5) is 2.44. The van der Waals surface area contributed by atoms with Crippen molar-refractivity contribution in [3.05, 3.63) is 70.2 Å². The van der Waals surface area contributed by atoms with Crippen molar-refractivity contribution >= 4 is 15.9 Å². The summed E-state index contributed by atoms with van der Waals surface area (Å²) in [5, 5.41) is 9.88. The molecule has 2 nitrogen and oxygen atoms in total. The summed E-state index contributed by atoms with van der Waals surface area (Å²) in [5.74, 6) is 0.555. The number of rotatable bonds is 4. The molecule has 0 aromatic heterocycles. The highest BCUT2D eigenvalue weighted by atomic mass is 79.9. The molecule has 0 aliphatic carbocycles. The van der Waals surface area contributed by atoms with Gasteiger partial charge >= 0.3 is 0 Å². The van der Waals surface area contributed by atoms with Gasteiger partial charge in [-0.25, -0.2) is 0 Å². The summed E-state index contributed by atoms with van der Waals surface area (Å²) >= 11 is 3.50. The zero-order valence-electron chi connectivity index (χ0n) is 12.7. The number of nitrogens with zero attached hydrogens (tertiary/aromatic N) is 1. The second-order valence-electron chi connectivity index (χ2n) is 5.99. The van der Waals surface area contributed by atoms with E-state index in [0.29, 0.717) is 5.92 Å². The van der Waals surface area contributed by atoms with Crippen LogP contribution in [0.3, 0.4) is 0 Å². The highest BCUT2D eigenvalue weighted by Gasteiger charge is 2.27. The van der Waals surface area contributed by atoms with Crippen LogP contribution in [-0.2, 0) is 0 Å². The molecule has 1 aliphatic heterocycles. The lowest BCUT2D eigenvalue weighted by atomic mass is 9.89. The van der Waals surface area contributed by atoms with Gasteiger partial charge in [-0.1, -0.05) is 58.4 Å². The Morgan fingerprint density at radius 1 is 1.09 bits per heavy atom. The highest BCUT2D eigenvalue weighted by molar-refractivity contribution is 9.10. The van der Waals surface area contributed by atoms with Gasteiger partial charge in [0.2, 0.25) is 0 Å². The second kappa shape index (κ2) is 7.40. The van der Waals surface area contributed by atoms with Gasteiger partial charge in [-0.15, -0.1) is 0 Å². The third-order valence-electron chi connectivity index (χ3n) is 4.59. The fraction of sp³-hybridized carbons (Fsp3) is 0.368. The topological polar surface area (TPSA) is 23.5 Å². The second-order valence-corrected chi connectivity index (χ2v) is 6.91. The van der Waals surface area contributed by atoms with Crippen LogP contribution in [-0.4, -0.2) is 29.7 Å². The highest BCUT2D eigenvalue weighted by Crippen LogP contribution is 2.32. The molecule has 1 heterocycles. The van der Waals surface area contributed by atoms with Gasteiger partial charge in [0.1, 0.15) is 0 Å². The van der Waals surface area contributed by atoms with Crippen molar-refractivity contribution in [2.75, 3.05) is 19.7 Å². The van der Waals surface area contributed by atoms with Crippen LogP contribution in [0.15, 0.2) is 59.1 Å². The minimum Gasteiger partial charge on any atom is -0.394 e. The lowest BCUT2D eigenvalue weighted by molar-refractivity contribution is 0.0952. The molecule has 116 valence electrons. The number of benzene rings is 2. The molecule has 1 aliphatic rings. The van der Waals surface area contributed by atoms with E-state index in [1.165, 1.54) is 24.0 Å². The first kappa shape index (κ1) is 15.7. The molecule has 1 saturated heterocycles. The van der Waals surface area contributed by atoms with Crippen LogP contribution in [0.2, 0.25) is 0 Å². The first-order valence-electron chi connectivity index (χ1n) is 7.93. The zero-order chi connectivity index (χ0) is 15.4. The Labute approximate surface area is 140 Å². The van der Waals surface area contributed by atoms with Gasteiger partial charge in [0.25, 0.3) is 0 Å². The maximum atomic E-state index is 9.88. The molecule has 22 heavy (non-hydrogen) atoms. The van der Waals surface area contributed by atoms with Crippen molar-refractivity contribution in [2.45, 2.75) is 24.8 Å². The molecule has 0 unspecified atom stereocenters. The molecule has 2 aromatic carbocycles. The normalized spacial score (nSPS) is 20.7. The quantitative estimate of drug-likeness (QED) is 0.876. The van der Waals surface area contributed by atoms with Crippen molar-refractivity contribution in [3.63, 3.8) is 0 Å². The summed E-state index contributed by atoms with van der Waals surface area (Å²) in [6, 6.07) is 19.1. The summed E-state index contributed by atoms with van der Waals surface area (Å²) in [7, 11) is 0. The van der Waals surface area contributed by atoms with Crippen molar-refractivity contribution in [3.8, 4) is 0 Å². The van der Waals surface area contributed by atoms with E-state index in [1.54, 1.807) is 0 Å². The minimum absolute atomic E-state index is 0.111. The zero-order valence-corrected chi connectivity index (χ0v) is 14.2. The van der Waals surface area contributed by atoms with E-state index in [0.717, 1.165) is 17.6 Å². The molecule has 0 radical (unpaired) electrons. The predicted molar refractivity (Wildman–Crippen MR) is 94.0 cm³/mol. The molecule has 0 bridgehead atoms. The molecule has 2 aromatic rings. The summed E-state index contributed by atoms with van der Waals surface area (Å²) in [6.07, 6.45) is 2.41. The Hall–Kier alpha value is -1.16. The van der Waals surface area contributed by atoms with Gasteiger partial charge in [-0.2, -0.15) is 0 Å². The smallest absolute Gasteiger partial charge is 0.0628 e. The fourth-order valence-electron chi connectivity index (χ4n) is 3.40. The van der Waals surface area contributed by atoms with Crippen LogP contribution >= 0.6 is 15.9 Å². The Kier molecular flexibility index (Phi) is 5.29. The number of likely N-dealkylation sites (tertiary alicyclic amines) is 1. The van der Waals surface area contributed by atoms with Gasteiger partial charge in [0.15, 0.2) is 0 Å². The van der Waals surface area contributed by atoms with Crippen molar-refractivity contribution < 1.29 is 5.11 Å². The molecule has 3 heteroatoms. The number of aliphatic hydroxyl groups excluding tert-OH is 1. The van der Waals surface area contributed by atoms with Gasteiger partial charge in [0, 0.05) is 11.0 Å². The Morgan fingerprint density at radius 2 is 1.82 bits per heavy atom. The lowest BCUT2D eigenvalue weighted by Crippen LogP contribution is -2.38. The van der Waals surface area contributed by atoms with Crippen LogP contribution in [0, 0.1) is 0 Å². The SMILES string of the molecule is OC[C@H](c1ccccc1)N1CCC[C@@H](c2ccc(Br)cc2)C1. The monoisotopic (exact) mass is 359 g/mol. The first-order valence-corrected chi connectivity index (χ1v) is 8.72. The van der Waals surface area contributed by atoms with E-state index in [1.807, 2.05) is 18.2 Å². The van der Waals surface area contributed by atoms with Crippen molar-refractivity contribution in [2.24, 2.45) is 0 Å². The fourth-order valence-corrected chi connectivity index (χ4v) is 3.67. The molecule has 3 rings (SSSR count). The lowest BCUT2D eigenvalue weighted by Gasteiger charge is -2.38. The molecule has 1 fully saturated rings. The third kappa shape index (κ3) is 3.60. The molecule has 1 N–H and O–H groups in total. The van der Waals surface area contributed by atoms with Crippen LogP contribution in [0.25, 0.3) is 0 Å². The third-order valence-corrected chi connectivity index (χ3v) is 5.12. The summed E-state index contributed by atoms with van der Waals surface area (Å²) in [5.41, 5.74) is 2.61.